The largest absolute Gasteiger partial charge is 0.507 e. The minimum Gasteiger partial charge on any atom is -0.507 e. The number of aromatic hydroxyl groups is 1. The first-order chi connectivity index (χ1) is 16.0. The standard InChI is InChI=1S/C23H26N6O3S/c30-20-7-3-2-6-17(20)22-27-19-8-11-33(31,32)15-18(19)21(28-22)24-12-16-13-25-23(26-14-16)29-9-4-1-5-10-29/h2-3,6-7,13-14,30H,1,4-5,8-12,15H2,(H,24,27,28). The minimum atomic E-state index is -3.20. The van der Waals surface area contributed by atoms with Crippen molar-refractivity contribution in [2.45, 2.75) is 38.0 Å². The van der Waals surface area contributed by atoms with E-state index in [4.69, 9.17) is 0 Å². The average molecular weight is 467 g/mol. The van der Waals surface area contributed by atoms with Gasteiger partial charge in [-0.2, -0.15) is 0 Å². The Morgan fingerprint density at radius 3 is 2.55 bits per heavy atom. The van der Waals surface area contributed by atoms with Crippen molar-refractivity contribution in [3.05, 3.63) is 53.5 Å². The normalized spacial score (nSPS) is 17.4. The van der Waals surface area contributed by atoms with Gasteiger partial charge in [-0.3, -0.25) is 0 Å². The Balaban J connectivity index is 1.42. The molecule has 5 rings (SSSR count). The molecule has 0 saturated carbocycles. The number of aromatic nitrogens is 4. The van der Waals surface area contributed by atoms with Gasteiger partial charge < -0.3 is 15.3 Å². The Hall–Kier alpha value is -3.27. The van der Waals surface area contributed by atoms with E-state index in [2.05, 4.69) is 30.2 Å². The number of sulfone groups is 1. The maximum atomic E-state index is 12.3. The van der Waals surface area contributed by atoms with E-state index in [-0.39, 0.29) is 17.3 Å². The lowest BCUT2D eigenvalue weighted by Crippen LogP contribution is -2.30. The lowest BCUT2D eigenvalue weighted by atomic mass is 10.1. The molecule has 10 heteroatoms. The molecule has 0 aliphatic carbocycles. The zero-order valence-corrected chi connectivity index (χ0v) is 19.1. The molecule has 0 unspecified atom stereocenters. The monoisotopic (exact) mass is 466 g/mol. The fourth-order valence-corrected chi connectivity index (χ4v) is 5.64. The molecule has 0 radical (unpaired) electrons. The fourth-order valence-electron chi connectivity index (χ4n) is 4.24. The van der Waals surface area contributed by atoms with Crippen LogP contribution in [-0.2, 0) is 28.6 Å². The summed E-state index contributed by atoms with van der Waals surface area (Å²) in [5, 5.41) is 13.5. The van der Waals surface area contributed by atoms with Crippen LogP contribution in [0.25, 0.3) is 11.4 Å². The quantitative estimate of drug-likeness (QED) is 0.584. The van der Waals surface area contributed by atoms with E-state index < -0.39 is 9.84 Å². The molecule has 0 amide bonds. The zero-order chi connectivity index (χ0) is 22.8. The van der Waals surface area contributed by atoms with Crippen molar-refractivity contribution in [1.82, 2.24) is 19.9 Å². The first-order valence-corrected chi connectivity index (χ1v) is 13.0. The third-order valence-corrected chi connectivity index (χ3v) is 7.60. The van der Waals surface area contributed by atoms with E-state index in [0.717, 1.165) is 37.4 Å². The van der Waals surface area contributed by atoms with Gasteiger partial charge in [0.1, 0.15) is 11.6 Å². The van der Waals surface area contributed by atoms with Gasteiger partial charge in [-0.1, -0.05) is 12.1 Å². The van der Waals surface area contributed by atoms with Gasteiger partial charge in [-0.25, -0.2) is 28.4 Å². The molecule has 2 aliphatic heterocycles. The fraction of sp³-hybridized carbons (Fsp3) is 0.391. The smallest absolute Gasteiger partial charge is 0.225 e. The van der Waals surface area contributed by atoms with Crippen molar-refractivity contribution in [1.29, 1.82) is 0 Å². The van der Waals surface area contributed by atoms with Crippen molar-refractivity contribution in [3.8, 4) is 17.1 Å². The maximum Gasteiger partial charge on any atom is 0.225 e. The number of aryl methyl sites for hydroxylation is 1. The third-order valence-electron chi connectivity index (χ3n) is 6.04. The van der Waals surface area contributed by atoms with Gasteiger partial charge in [0.05, 0.1) is 22.8 Å². The predicted octanol–water partition coefficient (Wildman–Crippen LogP) is 2.71. The van der Waals surface area contributed by atoms with Crippen LogP contribution in [0.3, 0.4) is 0 Å². The van der Waals surface area contributed by atoms with Crippen molar-refractivity contribution in [2.75, 3.05) is 29.1 Å². The van der Waals surface area contributed by atoms with Gasteiger partial charge in [-0.15, -0.1) is 0 Å². The minimum absolute atomic E-state index is 0.0580. The SMILES string of the molecule is O=S1(=O)CCc2nc(-c3ccccc3O)nc(NCc3cnc(N4CCCCC4)nc3)c2C1. The second-order valence-electron chi connectivity index (χ2n) is 8.47. The van der Waals surface area contributed by atoms with E-state index in [9.17, 15) is 13.5 Å². The van der Waals surface area contributed by atoms with Gasteiger partial charge in [0.2, 0.25) is 5.95 Å². The molecule has 0 bridgehead atoms. The van der Waals surface area contributed by atoms with E-state index in [1.165, 1.54) is 6.42 Å². The zero-order valence-electron chi connectivity index (χ0n) is 18.2. The molecule has 1 saturated heterocycles. The van der Waals surface area contributed by atoms with Gasteiger partial charge in [0, 0.05) is 49.6 Å². The second kappa shape index (κ2) is 8.93. The molecule has 2 N–H and O–H groups in total. The molecular weight excluding hydrogens is 440 g/mol. The number of para-hydroxylation sites is 1. The number of nitrogens with zero attached hydrogens (tertiary/aromatic N) is 5. The van der Waals surface area contributed by atoms with E-state index >= 15 is 0 Å². The van der Waals surface area contributed by atoms with Crippen LogP contribution in [0.1, 0.15) is 36.1 Å². The van der Waals surface area contributed by atoms with Crippen LogP contribution >= 0.6 is 0 Å². The summed E-state index contributed by atoms with van der Waals surface area (Å²) in [6, 6.07) is 6.86. The lowest BCUT2D eigenvalue weighted by Gasteiger charge is -2.26. The Bertz CT molecular complexity index is 1260. The van der Waals surface area contributed by atoms with Gasteiger partial charge in [-0.05, 0) is 31.4 Å². The summed E-state index contributed by atoms with van der Waals surface area (Å²) in [4.78, 5) is 20.4. The first-order valence-electron chi connectivity index (χ1n) is 11.2. The molecule has 4 heterocycles. The van der Waals surface area contributed by atoms with Crippen LogP contribution < -0.4 is 10.2 Å². The van der Waals surface area contributed by atoms with Crippen LogP contribution in [0.2, 0.25) is 0 Å². The van der Waals surface area contributed by atoms with E-state index in [0.29, 0.717) is 41.4 Å². The summed E-state index contributed by atoms with van der Waals surface area (Å²) < 4.78 is 24.6. The summed E-state index contributed by atoms with van der Waals surface area (Å²) >= 11 is 0. The van der Waals surface area contributed by atoms with Gasteiger partial charge >= 0.3 is 0 Å². The maximum absolute atomic E-state index is 12.3. The number of anilines is 2. The lowest BCUT2D eigenvalue weighted by molar-refractivity contribution is 0.477. The number of rotatable bonds is 5. The van der Waals surface area contributed by atoms with Crippen LogP contribution in [0, 0.1) is 0 Å². The Morgan fingerprint density at radius 2 is 1.79 bits per heavy atom. The Morgan fingerprint density at radius 1 is 1.03 bits per heavy atom. The Kier molecular flexibility index (Phi) is 5.84. The van der Waals surface area contributed by atoms with E-state index in [1.807, 2.05) is 0 Å². The molecule has 172 valence electrons. The molecule has 33 heavy (non-hydrogen) atoms. The van der Waals surface area contributed by atoms with Crippen molar-refractivity contribution in [3.63, 3.8) is 0 Å². The number of nitrogens with one attached hydrogen (secondary N) is 1. The average Bonchev–Trinajstić information content (AvgIpc) is 2.83. The Labute approximate surface area is 192 Å². The van der Waals surface area contributed by atoms with Gasteiger partial charge in [0.25, 0.3) is 0 Å². The number of hydrogen-bond acceptors (Lipinski definition) is 9. The highest BCUT2D eigenvalue weighted by Gasteiger charge is 2.27. The molecule has 3 aromatic rings. The summed E-state index contributed by atoms with van der Waals surface area (Å²) in [5.41, 5.74) is 2.65. The number of piperidine rings is 1. The molecule has 2 aliphatic rings. The second-order valence-corrected chi connectivity index (χ2v) is 10.7. The topological polar surface area (TPSA) is 121 Å². The van der Waals surface area contributed by atoms with Crippen LogP contribution in [0.4, 0.5) is 11.8 Å². The van der Waals surface area contributed by atoms with Crippen molar-refractivity contribution in [2.24, 2.45) is 0 Å². The molecule has 0 spiro atoms. The number of phenols is 1. The molecule has 1 fully saturated rings. The number of phenolic OH excluding ortho intramolecular Hbond substituents is 1. The number of hydrogen-bond donors (Lipinski definition) is 2. The molecule has 1 aromatic carbocycles. The molecule has 0 atom stereocenters. The van der Waals surface area contributed by atoms with Crippen molar-refractivity contribution < 1.29 is 13.5 Å². The summed E-state index contributed by atoms with van der Waals surface area (Å²) in [7, 11) is -3.20. The molecule has 2 aromatic heterocycles. The number of fused-ring (bicyclic) bond motifs is 1. The highest BCUT2D eigenvalue weighted by molar-refractivity contribution is 7.90. The first kappa shape index (κ1) is 21.6. The number of benzene rings is 1. The van der Waals surface area contributed by atoms with Crippen molar-refractivity contribution >= 4 is 21.6 Å². The molecule has 9 nitrogen and oxygen atoms in total. The third kappa shape index (κ3) is 4.75. The van der Waals surface area contributed by atoms with Gasteiger partial charge in [0.15, 0.2) is 15.7 Å². The molecular formula is C23H26N6O3S. The summed E-state index contributed by atoms with van der Waals surface area (Å²) in [6.07, 6.45) is 7.47. The summed E-state index contributed by atoms with van der Waals surface area (Å²) in [5.74, 6) is 1.60. The van der Waals surface area contributed by atoms with Crippen LogP contribution in [0.5, 0.6) is 5.75 Å². The highest BCUT2D eigenvalue weighted by Crippen LogP contribution is 2.32. The predicted molar refractivity (Wildman–Crippen MR) is 126 cm³/mol. The highest BCUT2D eigenvalue weighted by atomic mass is 32.2. The van der Waals surface area contributed by atoms with Crippen LogP contribution in [-0.4, -0.2) is 52.3 Å². The summed E-state index contributed by atoms with van der Waals surface area (Å²) in [6.45, 7) is 2.35. The van der Waals surface area contributed by atoms with E-state index in [1.54, 1.807) is 36.7 Å². The van der Waals surface area contributed by atoms with Crippen LogP contribution in [0.15, 0.2) is 36.7 Å².